The third kappa shape index (κ3) is 6.92. The van der Waals surface area contributed by atoms with E-state index in [1.165, 1.54) is 23.1 Å². The molecule has 0 atom stereocenters. The lowest BCUT2D eigenvalue weighted by molar-refractivity contribution is 0.458. The second-order valence-electron chi connectivity index (χ2n) is 7.15. The van der Waals surface area contributed by atoms with Crippen molar-refractivity contribution < 1.29 is 5.11 Å². The number of phenolic OH excluding ortho intramolecular Hbond substituents is 1. The van der Waals surface area contributed by atoms with Crippen LogP contribution in [0.1, 0.15) is 50.7 Å². The lowest BCUT2D eigenvalue weighted by Crippen LogP contribution is -2.23. The van der Waals surface area contributed by atoms with E-state index < -0.39 is 8.07 Å². The van der Waals surface area contributed by atoms with Gasteiger partial charge in [0.1, 0.15) is 5.75 Å². The molecule has 0 saturated carbocycles. The number of phenols is 1. The van der Waals surface area contributed by atoms with Crippen LogP contribution in [0.15, 0.2) is 17.0 Å². The summed E-state index contributed by atoms with van der Waals surface area (Å²) in [6, 6.07) is 4.45. The van der Waals surface area contributed by atoms with E-state index in [4.69, 9.17) is 0 Å². The van der Waals surface area contributed by atoms with Crippen molar-refractivity contribution in [2.75, 3.05) is 5.38 Å². The van der Waals surface area contributed by atoms with Gasteiger partial charge in [-0.3, -0.25) is 0 Å². The van der Waals surface area contributed by atoms with Gasteiger partial charge in [-0.25, -0.2) is 0 Å². The summed E-state index contributed by atoms with van der Waals surface area (Å²) in [5.74, 6) is 0.564. The summed E-state index contributed by atoms with van der Waals surface area (Å²) in [4.78, 5) is 1.35. The Morgan fingerprint density at radius 3 is 1.81 bits per heavy atom. The third-order valence-corrected chi connectivity index (χ3v) is 8.12. The molecule has 0 heterocycles. The zero-order valence-corrected chi connectivity index (χ0v) is 16.3. The van der Waals surface area contributed by atoms with Gasteiger partial charge in [-0.15, -0.1) is 11.8 Å². The summed E-state index contributed by atoms with van der Waals surface area (Å²) in [5.41, 5.74) is 2.31. The second-order valence-corrected chi connectivity index (χ2v) is 14.2. The molecule has 21 heavy (non-hydrogen) atoms. The number of aromatic hydroxyl groups is 1. The van der Waals surface area contributed by atoms with Gasteiger partial charge in [-0.1, -0.05) is 46.3 Å². The number of unbranched alkanes of at least 4 members (excludes halogenated alkanes) is 2. The lowest BCUT2D eigenvalue weighted by Gasteiger charge is -2.17. The van der Waals surface area contributed by atoms with Crippen LogP contribution in [0.4, 0.5) is 0 Å². The molecule has 0 unspecified atom stereocenters. The minimum Gasteiger partial charge on any atom is -0.507 e. The van der Waals surface area contributed by atoms with Crippen LogP contribution >= 0.6 is 11.8 Å². The maximum Gasteiger partial charge on any atom is 0.122 e. The molecule has 1 nitrogen and oxygen atoms in total. The first-order valence-electron chi connectivity index (χ1n) is 8.35. The number of benzene rings is 1. The molecule has 3 heteroatoms. The van der Waals surface area contributed by atoms with E-state index >= 15 is 0 Å². The van der Waals surface area contributed by atoms with Gasteiger partial charge in [0, 0.05) is 4.90 Å². The van der Waals surface area contributed by atoms with Gasteiger partial charge in [0.2, 0.25) is 0 Å². The topological polar surface area (TPSA) is 20.2 Å². The van der Waals surface area contributed by atoms with Crippen molar-refractivity contribution in [3.63, 3.8) is 0 Å². The molecule has 1 N–H and O–H groups in total. The molecule has 0 aliphatic carbocycles. The van der Waals surface area contributed by atoms with Crippen molar-refractivity contribution in [2.24, 2.45) is 0 Å². The van der Waals surface area contributed by atoms with Crippen LogP contribution in [0.3, 0.4) is 0 Å². The highest BCUT2D eigenvalue weighted by molar-refractivity contribution is 8.01. The minimum atomic E-state index is -1.04. The monoisotopic (exact) mass is 324 g/mol. The highest BCUT2D eigenvalue weighted by atomic mass is 32.2. The van der Waals surface area contributed by atoms with E-state index in [0.717, 1.165) is 36.8 Å². The molecule has 0 aliphatic rings. The predicted molar refractivity (Wildman–Crippen MR) is 99.4 cm³/mol. The SMILES string of the molecule is CCCCc1cc(SC[Si](C)(C)C)cc(CCCC)c1O. The van der Waals surface area contributed by atoms with Crippen LogP contribution < -0.4 is 0 Å². The van der Waals surface area contributed by atoms with Gasteiger partial charge in [0.05, 0.1) is 8.07 Å². The first-order valence-corrected chi connectivity index (χ1v) is 13.0. The number of aryl methyl sites for hydroxylation is 2. The Morgan fingerprint density at radius 1 is 0.952 bits per heavy atom. The number of thioether (sulfide) groups is 1. The van der Waals surface area contributed by atoms with Crippen LogP contribution in [0.5, 0.6) is 5.75 Å². The molecular formula is C18H32OSSi. The Hall–Kier alpha value is -0.413. The number of rotatable bonds is 9. The molecule has 0 fully saturated rings. The molecule has 0 aliphatic heterocycles. The molecular weight excluding hydrogens is 292 g/mol. The fourth-order valence-electron chi connectivity index (χ4n) is 2.23. The Bertz CT molecular complexity index is 408. The molecule has 0 bridgehead atoms. The third-order valence-electron chi connectivity index (χ3n) is 3.51. The van der Waals surface area contributed by atoms with Crippen molar-refractivity contribution in [1.82, 2.24) is 0 Å². The summed E-state index contributed by atoms with van der Waals surface area (Å²) in [6.07, 6.45) is 6.67. The number of hydrogen-bond donors (Lipinski definition) is 1. The molecule has 1 aromatic rings. The van der Waals surface area contributed by atoms with Gasteiger partial charge in [-0.2, -0.15) is 0 Å². The maximum absolute atomic E-state index is 10.5. The normalized spacial score (nSPS) is 11.9. The zero-order chi connectivity index (χ0) is 15.9. The lowest BCUT2D eigenvalue weighted by atomic mass is 10.0. The van der Waals surface area contributed by atoms with Gasteiger partial charge in [-0.05, 0) is 54.3 Å². The quantitative estimate of drug-likeness (QED) is 0.441. The molecule has 0 amide bonds. The van der Waals surface area contributed by atoms with Gasteiger partial charge < -0.3 is 5.11 Å². The average molecular weight is 325 g/mol. The van der Waals surface area contributed by atoms with Gasteiger partial charge >= 0.3 is 0 Å². The minimum absolute atomic E-state index is 0.564. The smallest absolute Gasteiger partial charge is 0.122 e. The Kier molecular flexibility index (Phi) is 7.89. The van der Waals surface area contributed by atoms with E-state index in [2.05, 4.69) is 45.6 Å². The largest absolute Gasteiger partial charge is 0.507 e. The van der Waals surface area contributed by atoms with E-state index in [0.29, 0.717) is 5.75 Å². The fraction of sp³-hybridized carbons (Fsp3) is 0.667. The summed E-state index contributed by atoms with van der Waals surface area (Å²) in [6.45, 7) is 11.7. The van der Waals surface area contributed by atoms with E-state index in [1.54, 1.807) is 0 Å². The Balaban J connectivity index is 2.95. The molecule has 1 aromatic carbocycles. The highest BCUT2D eigenvalue weighted by Crippen LogP contribution is 2.32. The summed E-state index contributed by atoms with van der Waals surface area (Å²) in [7, 11) is -1.04. The molecule has 0 saturated heterocycles. The molecule has 0 aromatic heterocycles. The van der Waals surface area contributed by atoms with Crippen molar-refractivity contribution in [2.45, 2.75) is 76.9 Å². The van der Waals surface area contributed by atoms with Crippen molar-refractivity contribution in [3.8, 4) is 5.75 Å². The Labute approximate surface area is 136 Å². The van der Waals surface area contributed by atoms with E-state index in [9.17, 15) is 5.11 Å². The summed E-state index contributed by atoms with van der Waals surface area (Å²) >= 11 is 1.98. The fourth-order valence-corrected chi connectivity index (χ4v) is 5.08. The van der Waals surface area contributed by atoms with Crippen molar-refractivity contribution in [3.05, 3.63) is 23.3 Å². The molecule has 120 valence electrons. The van der Waals surface area contributed by atoms with Crippen molar-refractivity contribution in [1.29, 1.82) is 0 Å². The van der Waals surface area contributed by atoms with Gasteiger partial charge in [0.15, 0.2) is 0 Å². The second kappa shape index (κ2) is 8.89. The van der Waals surface area contributed by atoms with E-state index in [-0.39, 0.29) is 0 Å². The number of hydrogen-bond acceptors (Lipinski definition) is 2. The van der Waals surface area contributed by atoms with Crippen LogP contribution in [-0.2, 0) is 12.8 Å². The van der Waals surface area contributed by atoms with Crippen LogP contribution in [0.25, 0.3) is 0 Å². The molecule has 0 radical (unpaired) electrons. The first kappa shape index (κ1) is 18.6. The molecule has 0 spiro atoms. The molecule has 1 rings (SSSR count). The van der Waals surface area contributed by atoms with Crippen LogP contribution in [0.2, 0.25) is 19.6 Å². The standard InChI is InChI=1S/C18H32OSSi/c1-6-8-10-15-12-17(20-14-21(3,4)5)13-16(18(15)19)11-9-7-2/h12-13,19H,6-11,14H2,1-5H3. The zero-order valence-electron chi connectivity index (χ0n) is 14.5. The van der Waals surface area contributed by atoms with Crippen LogP contribution in [-0.4, -0.2) is 18.6 Å². The Morgan fingerprint density at radius 2 is 1.43 bits per heavy atom. The first-order chi connectivity index (χ1) is 9.87. The predicted octanol–water partition coefficient (Wildman–Crippen LogP) is 6.05. The van der Waals surface area contributed by atoms with E-state index in [1.807, 2.05) is 11.8 Å². The average Bonchev–Trinajstić information content (AvgIpc) is 2.42. The highest BCUT2D eigenvalue weighted by Gasteiger charge is 2.15. The van der Waals surface area contributed by atoms with Crippen LogP contribution in [0, 0.1) is 0 Å². The summed E-state index contributed by atoms with van der Waals surface area (Å²) in [5, 5.41) is 11.7. The van der Waals surface area contributed by atoms with Crippen molar-refractivity contribution >= 4 is 19.8 Å². The van der Waals surface area contributed by atoms with Gasteiger partial charge in [0.25, 0.3) is 0 Å². The maximum atomic E-state index is 10.5. The summed E-state index contributed by atoms with van der Waals surface area (Å²) < 4.78 is 0.